The Kier molecular flexibility index (Phi) is 3.34. The molecule has 0 spiro atoms. The fraction of sp³-hybridized carbons (Fsp3) is 0.182. The summed E-state index contributed by atoms with van der Waals surface area (Å²) in [5, 5.41) is 13.8. The van der Waals surface area contributed by atoms with E-state index in [0.717, 1.165) is 0 Å². The fourth-order valence-electron chi connectivity index (χ4n) is 1.31. The SMILES string of the molecule is Cc1ccsc1CNc1nccc(C(=O)O)n1. The maximum Gasteiger partial charge on any atom is 0.354 e. The van der Waals surface area contributed by atoms with Crippen molar-refractivity contribution >= 4 is 23.3 Å². The highest BCUT2D eigenvalue weighted by Gasteiger charge is 2.06. The molecule has 0 unspecified atom stereocenters. The van der Waals surface area contributed by atoms with Gasteiger partial charge in [0.1, 0.15) is 0 Å². The molecular formula is C11H11N3O2S. The standard InChI is InChI=1S/C11H11N3O2S/c1-7-3-5-17-9(7)6-13-11-12-4-2-8(14-11)10(15)16/h2-5H,6H2,1H3,(H,15,16)(H,12,13,14). The van der Waals surface area contributed by atoms with Gasteiger partial charge in [-0.3, -0.25) is 0 Å². The Balaban J connectivity index is 2.07. The first-order chi connectivity index (χ1) is 8.16. The zero-order valence-electron chi connectivity index (χ0n) is 9.17. The van der Waals surface area contributed by atoms with Crippen molar-refractivity contribution in [2.75, 3.05) is 5.32 Å². The molecule has 2 aromatic heterocycles. The number of carboxylic acid groups (broad SMARTS) is 1. The van der Waals surface area contributed by atoms with Gasteiger partial charge in [-0.15, -0.1) is 11.3 Å². The van der Waals surface area contributed by atoms with E-state index in [0.29, 0.717) is 12.5 Å². The van der Waals surface area contributed by atoms with Crippen molar-refractivity contribution in [1.29, 1.82) is 0 Å². The second-order valence-corrected chi connectivity index (χ2v) is 4.45. The summed E-state index contributed by atoms with van der Waals surface area (Å²) in [5.41, 5.74) is 1.20. The second kappa shape index (κ2) is 4.92. The minimum atomic E-state index is -1.05. The third kappa shape index (κ3) is 2.79. The first-order valence-corrected chi connectivity index (χ1v) is 5.88. The molecule has 0 radical (unpaired) electrons. The zero-order valence-corrected chi connectivity index (χ0v) is 9.99. The number of aromatic carboxylic acids is 1. The van der Waals surface area contributed by atoms with Crippen LogP contribution in [0, 0.1) is 6.92 Å². The Morgan fingerprint density at radius 1 is 1.53 bits per heavy atom. The number of carboxylic acids is 1. The van der Waals surface area contributed by atoms with E-state index in [2.05, 4.69) is 15.3 Å². The smallest absolute Gasteiger partial charge is 0.354 e. The molecule has 88 valence electrons. The largest absolute Gasteiger partial charge is 0.477 e. The van der Waals surface area contributed by atoms with Crippen molar-refractivity contribution in [1.82, 2.24) is 9.97 Å². The minimum Gasteiger partial charge on any atom is -0.477 e. The maximum absolute atomic E-state index is 10.7. The maximum atomic E-state index is 10.7. The number of nitrogens with one attached hydrogen (secondary N) is 1. The molecule has 0 saturated heterocycles. The van der Waals surface area contributed by atoms with E-state index in [1.807, 2.05) is 18.4 Å². The molecule has 2 heterocycles. The summed E-state index contributed by atoms with van der Waals surface area (Å²) in [6.07, 6.45) is 1.43. The van der Waals surface area contributed by atoms with Crippen LogP contribution in [0.25, 0.3) is 0 Å². The second-order valence-electron chi connectivity index (χ2n) is 3.45. The van der Waals surface area contributed by atoms with Crippen LogP contribution in [0.1, 0.15) is 20.9 Å². The summed E-state index contributed by atoms with van der Waals surface area (Å²) < 4.78 is 0. The number of aromatic nitrogens is 2. The van der Waals surface area contributed by atoms with Crippen LogP contribution in [-0.2, 0) is 6.54 Å². The van der Waals surface area contributed by atoms with Gasteiger partial charge in [0.2, 0.25) is 5.95 Å². The molecule has 0 fully saturated rings. The topological polar surface area (TPSA) is 75.1 Å². The van der Waals surface area contributed by atoms with Crippen molar-refractivity contribution in [3.05, 3.63) is 39.8 Å². The molecule has 0 atom stereocenters. The predicted octanol–water partition coefficient (Wildman–Crippen LogP) is 2.16. The Morgan fingerprint density at radius 2 is 2.35 bits per heavy atom. The highest BCUT2D eigenvalue weighted by molar-refractivity contribution is 7.10. The predicted molar refractivity (Wildman–Crippen MR) is 65.4 cm³/mol. The number of carbonyl (C=O) groups is 1. The lowest BCUT2D eigenvalue weighted by molar-refractivity contribution is 0.0690. The molecule has 0 saturated carbocycles. The van der Waals surface area contributed by atoms with Gasteiger partial charge < -0.3 is 10.4 Å². The number of thiophene rings is 1. The van der Waals surface area contributed by atoms with Gasteiger partial charge in [0.15, 0.2) is 5.69 Å². The molecule has 2 rings (SSSR count). The van der Waals surface area contributed by atoms with Crippen molar-refractivity contribution < 1.29 is 9.90 Å². The van der Waals surface area contributed by atoms with Crippen LogP contribution >= 0.6 is 11.3 Å². The van der Waals surface area contributed by atoms with Gasteiger partial charge in [0, 0.05) is 11.1 Å². The highest BCUT2D eigenvalue weighted by Crippen LogP contribution is 2.16. The van der Waals surface area contributed by atoms with Crippen LogP contribution in [0.2, 0.25) is 0 Å². The summed E-state index contributed by atoms with van der Waals surface area (Å²) in [6.45, 7) is 2.63. The van der Waals surface area contributed by atoms with E-state index in [4.69, 9.17) is 5.11 Å². The van der Waals surface area contributed by atoms with Gasteiger partial charge in [-0.2, -0.15) is 0 Å². The first kappa shape index (κ1) is 11.5. The van der Waals surface area contributed by atoms with E-state index in [1.54, 1.807) is 11.3 Å². The molecule has 17 heavy (non-hydrogen) atoms. The van der Waals surface area contributed by atoms with Crippen LogP contribution in [0.15, 0.2) is 23.7 Å². The van der Waals surface area contributed by atoms with Crippen LogP contribution in [0.4, 0.5) is 5.95 Å². The number of anilines is 1. The minimum absolute atomic E-state index is 0.00889. The summed E-state index contributed by atoms with van der Waals surface area (Å²) in [5.74, 6) is -0.722. The molecule has 0 aliphatic heterocycles. The molecule has 2 aromatic rings. The van der Waals surface area contributed by atoms with Gasteiger partial charge in [-0.25, -0.2) is 14.8 Å². The Morgan fingerprint density at radius 3 is 3.00 bits per heavy atom. The van der Waals surface area contributed by atoms with E-state index >= 15 is 0 Å². The van der Waals surface area contributed by atoms with Gasteiger partial charge in [-0.05, 0) is 30.0 Å². The molecule has 0 aliphatic rings. The molecular weight excluding hydrogens is 238 g/mol. The van der Waals surface area contributed by atoms with Crippen molar-refractivity contribution in [2.24, 2.45) is 0 Å². The average Bonchev–Trinajstić information content (AvgIpc) is 2.72. The fourth-order valence-corrected chi connectivity index (χ4v) is 2.15. The lowest BCUT2D eigenvalue weighted by Crippen LogP contribution is -2.07. The molecule has 6 heteroatoms. The average molecular weight is 249 g/mol. The Hall–Kier alpha value is -1.95. The third-order valence-electron chi connectivity index (χ3n) is 2.25. The van der Waals surface area contributed by atoms with E-state index in [-0.39, 0.29) is 5.69 Å². The number of hydrogen-bond donors (Lipinski definition) is 2. The highest BCUT2D eigenvalue weighted by atomic mass is 32.1. The van der Waals surface area contributed by atoms with Crippen molar-refractivity contribution in [3.63, 3.8) is 0 Å². The van der Waals surface area contributed by atoms with Gasteiger partial charge in [-0.1, -0.05) is 0 Å². The number of aryl methyl sites for hydroxylation is 1. The zero-order chi connectivity index (χ0) is 12.3. The lowest BCUT2D eigenvalue weighted by Gasteiger charge is -2.04. The van der Waals surface area contributed by atoms with E-state index in [1.165, 1.54) is 22.7 Å². The molecule has 5 nitrogen and oxygen atoms in total. The quantitative estimate of drug-likeness (QED) is 0.868. The first-order valence-electron chi connectivity index (χ1n) is 5.00. The van der Waals surface area contributed by atoms with Crippen molar-refractivity contribution in [3.8, 4) is 0 Å². The van der Waals surface area contributed by atoms with Gasteiger partial charge in [0.05, 0.1) is 6.54 Å². The van der Waals surface area contributed by atoms with E-state index < -0.39 is 5.97 Å². The Labute approximate surface area is 102 Å². The van der Waals surface area contributed by atoms with Gasteiger partial charge in [0.25, 0.3) is 0 Å². The molecule has 0 aromatic carbocycles. The molecule has 2 N–H and O–H groups in total. The number of rotatable bonds is 4. The molecule has 0 aliphatic carbocycles. The van der Waals surface area contributed by atoms with Crippen LogP contribution in [-0.4, -0.2) is 21.0 Å². The molecule has 0 bridgehead atoms. The van der Waals surface area contributed by atoms with Crippen LogP contribution in [0.3, 0.4) is 0 Å². The summed E-state index contributed by atoms with van der Waals surface area (Å²) in [4.78, 5) is 19.8. The number of nitrogens with zero attached hydrogens (tertiary/aromatic N) is 2. The summed E-state index contributed by atoms with van der Waals surface area (Å²) in [7, 11) is 0. The van der Waals surface area contributed by atoms with E-state index in [9.17, 15) is 4.79 Å². The number of hydrogen-bond acceptors (Lipinski definition) is 5. The lowest BCUT2D eigenvalue weighted by atomic mass is 10.3. The van der Waals surface area contributed by atoms with Gasteiger partial charge >= 0.3 is 5.97 Å². The summed E-state index contributed by atoms with van der Waals surface area (Å²) >= 11 is 1.64. The monoisotopic (exact) mass is 249 g/mol. The van der Waals surface area contributed by atoms with Crippen molar-refractivity contribution in [2.45, 2.75) is 13.5 Å². The van der Waals surface area contributed by atoms with Crippen LogP contribution < -0.4 is 5.32 Å². The third-order valence-corrected chi connectivity index (χ3v) is 3.27. The molecule has 0 amide bonds. The summed E-state index contributed by atoms with van der Waals surface area (Å²) in [6, 6.07) is 3.40. The normalized spacial score (nSPS) is 10.2. The Bertz CT molecular complexity index is 539. The van der Waals surface area contributed by atoms with Crippen LogP contribution in [0.5, 0.6) is 0 Å².